The van der Waals surface area contributed by atoms with Crippen LogP contribution in [-0.2, 0) is 22.4 Å². The highest BCUT2D eigenvalue weighted by Gasteiger charge is 2.29. The van der Waals surface area contributed by atoms with Crippen molar-refractivity contribution in [3.05, 3.63) is 74.7 Å². The third-order valence-electron chi connectivity index (χ3n) is 4.97. The molecule has 9 nitrogen and oxygen atoms in total. The number of nitrogens with zero attached hydrogens (tertiary/aromatic N) is 4. The minimum Gasteiger partial charge on any atom is -0.334 e. The maximum atomic E-state index is 13.1. The minimum absolute atomic E-state index is 0.0135. The van der Waals surface area contributed by atoms with Crippen molar-refractivity contribution >= 4 is 23.6 Å². The second-order valence-electron chi connectivity index (χ2n) is 7.22. The molecule has 2 aromatic rings. The Morgan fingerprint density at radius 3 is 1.82 bits per heavy atom. The first-order chi connectivity index (χ1) is 16.3. The third-order valence-corrected chi connectivity index (χ3v) is 4.97. The molecule has 34 heavy (non-hydrogen) atoms. The van der Waals surface area contributed by atoms with E-state index in [1.807, 2.05) is 27.7 Å². The third kappa shape index (κ3) is 9.19. The molecular weight excluding hydrogens is 436 g/mol. The van der Waals surface area contributed by atoms with Crippen LogP contribution in [0.2, 0.25) is 0 Å². The van der Waals surface area contributed by atoms with E-state index < -0.39 is 17.0 Å². The SMILES string of the molecule is CC.CC.CN(C)C(Cc1ccc([N+](=O)[O-])cc1)C(=O)N(C)C(C=O)Cc1ccc(N=O)cc1. The normalized spacial score (nSPS) is 11.6. The number of amides is 1. The molecule has 0 bridgehead atoms. The van der Waals surface area contributed by atoms with Crippen molar-refractivity contribution in [1.29, 1.82) is 0 Å². The fraction of sp³-hybridized carbons (Fsp3) is 0.440. The van der Waals surface area contributed by atoms with Crippen LogP contribution in [0.4, 0.5) is 11.4 Å². The van der Waals surface area contributed by atoms with Gasteiger partial charge in [-0.2, -0.15) is 0 Å². The first-order valence-corrected chi connectivity index (χ1v) is 11.3. The standard InChI is InChI=1S/C21H24N4O5.2C2H6/c1-23(2)20(13-16-6-10-18(11-7-16)25(29)30)21(27)24(3)19(14-26)12-15-4-8-17(22-28)9-5-15;2*1-2/h4-11,14,19-20H,12-13H2,1-3H3;2*1-2H3. The maximum Gasteiger partial charge on any atom is 0.269 e. The lowest BCUT2D eigenvalue weighted by molar-refractivity contribution is -0.384. The number of aldehydes is 1. The van der Waals surface area contributed by atoms with Crippen LogP contribution in [0.25, 0.3) is 0 Å². The molecule has 0 saturated heterocycles. The van der Waals surface area contributed by atoms with Crippen molar-refractivity contribution in [2.75, 3.05) is 21.1 Å². The van der Waals surface area contributed by atoms with E-state index in [0.29, 0.717) is 18.5 Å². The molecule has 0 aliphatic rings. The van der Waals surface area contributed by atoms with Gasteiger partial charge in [-0.15, -0.1) is 4.91 Å². The highest BCUT2D eigenvalue weighted by atomic mass is 16.6. The summed E-state index contributed by atoms with van der Waals surface area (Å²) in [4.78, 5) is 48.9. The number of nitro benzene ring substituents is 1. The Balaban J connectivity index is 0.00000258. The summed E-state index contributed by atoms with van der Waals surface area (Å²) in [6.07, 6.45) is 1.38. The Bertz CT molecular complexity index is 899. The Hall–Kier alpha value is -3.46. The van der Waals surface area contributed by atoms with E-state index in [0.717, 1.165) is 17.4 Å². The maximum absolute atomic E-state index is 13.1. The quantitative estimate of drug-likeness (QED) is 0.213. The van der Waals surface area contributed by atoms with Gasteiger partial charge in [0.1, 0.15) is 12.0 Å². The number of carbonyl (C=O) groups excluding carboxylic acids is 2. The number of nitroso groups, excluding NO2 is 1. The molecule has 1 amide bonds. The summed E-state index contributed by atoms with van der Waals surface area (Å²) in [5.74, 6) is -0.235. The van der Waals surface area contributed by atoms with Crippen LogP contribution < -0.4 is 0 Å². The zero-order valence-corrected chi connectivity index (χ0v) is 21.1. The van der Waals surface area contributed by atoms with Gasteiger partial charge in [-0.25, -0.2) is 0 Å². The van der Waals surface area contributed by atoms with Gasteiger partial charge in [0.25, 0.3) is 5.69 Å². The summed E-state index contributed by atoms with van der Waals surface area (Å²) < 4.78 is 0. The number of hydrogen-bond acceptors (Lipinski definition) is 7. The smallest absolute Gasteiger partial charge is 0.269 e. The lowest BCUT2D eigenvalue weighted by Crippen LogP contribution is -2.50. The average molecular weight is 473 g/mol. The molecule has 2 atom stereocenters. The lowest BCUT2D eigenvalue weighted by Gasteiger charge is -2.31. The van der Waals surface area contributed by atoms with E-state index in [-0.39, 0.29) is 11.6 Å². The zero-order valence-electron chi connectivity index (χ0n) is 21.1. The molecule has 0 aromatic heterocycles. The van der Waals surface area contributed by atoms with E-state index >= 15 is 0 Å². The van der Waals surface area contributed by atoms with Crippen molar-refractivity contribution in [3.63, 3.8) is 0 Å². The number of rotatable bonds is 10. The number of benzene rings is 2. The summed E-state index contributed by atoms with van der Waals surface area (Å²) in [6.45, 7) is 8.00. The largest absolute Gasteiger partial charge is 0.334 e. The minimum atomic E-state index is -0.674. The molecule has 0 aliphatic carbocycles. The molecule has 2 rings (SSSR count). The first-order valence-electron chi connectivity index (χ1n) is 11.3. The Morgan fingerprint density at radius 1 is 0.941 bits per heavy atom. The summed E-state index contributed by atoms with van der Waals surface area (Å²) >= 11 is 0. The summed E-state index contributed by atoms with van der Waals surface area (Å²) in [7, 11) is 5.11. The molecule has 0 saturated carbocycles. The second kappa shape index (κ2) is 16.2. The van der Waals surface area contributed by atoms with Crippen molar-refractivity contribution in [2.24, 2.45) is 5.18 Å². The van der Waals surface area contributed by atoms with Crippen LogP contribution in [0.3, 0.4) is 0 Å². The van der Waals surface area contributed by atoms with Gasteiger partial charge in [0.15, 0.2) is 0 Å². The summed E-state index contributed by atoms with van der Waals surface area (Å²) in [5, 5.41) is 13.7. The van der Waals surface area contributed by atoms with Gasteiger partial charge in [0, 0.05) is 19.2 Å². The highest BCUT2D eigenvalue weighted by Crippen LogP contribution is 2.18. The molecule has 186 valence electrons. The number of non-ortho nitro benzene ring substituents is 1. The fourth-order valence-corrected chi connectivity index (χ4v) is 3.08. The lowest BCUT2D eigenvalue weighted by atomic mass is 10.0. The Kier molecular flexibility index (Phi) is 14.6. The van der Waals surface area contributed by atoms with Crippen LogP contribution in [0.1, 0.15) is 38.8 Å². The van der Waals surface area contributed by atoms with Gasteiger partial charge in [0.2, 0.25) is 5.91 Å². The van der Waals surface area contributed by atoms with Gasteiger partial charge in [0.05, 0.1) is 17.0 Å². The molecular formula is C25H36N4O5. The van der Waals surface area contributed by atoms with Gasteiger partial charge in [-0.1, -0.05) is 52.0 Å². The predicted octanol–water partition coefficient (Wildman–Crippen LogP) is 4.79. The van der Waals surface area contributed by atoms with Crippen molar-refractivity contribution in [1.82, 2.24) is 9.80 Å². The van der Waals surface area contributed by atoms with E-state index in [1.165, 1.54) is 17.0 Å². The second-order valence-corrected chi connectivity index (χ2v) is 7.22. The number of carbonyl (C=O) groups is 2. The molecule has 2 aromatic carbocycles. The van der Waals surface area contributed by atoms with Crippen LogP contribution in [-0.4, -0.2) is 60.1 Å². The van der Waals surface area contributed by atoms with E-state index in [9.17, 15) is 24.6 Å². The van der Waals surface area contributed by atoms with Crippen LogP contribution >= 0.6 is 0 Å². The van der Waals surface area contributed by atoms with Gasteiger partial charge >= 0.3 is 0 Å². The van der Waals surface area contributed by atoms with Crippen LogP contribution in [0, 0.1) is 15.0 Å². The molecule has 9 heteroatoms. The number of hydrogen-bond donors (Lipinski definition) is 0. The monoisotopic (exact) mass is 472 g/mol. The van der Waals surface area contributed by atoms with Crippen molar-refractivity contribution in [2.45, 2.75) is 52.6 Å². The molecule has 0 heterocycles. The number of likely N-dealkylation sites (N-methyl/N-ethyl adjacent to an activating group) is 2. The highest BCUT2D eigenvalue weighted by molar-refractivity contribution is 5.84. The molecule has 0 fully saturated rings. The Morgan fingerprint density at radius 2 is 1.41 bits per heavy atom. The average Bonchev–Trinajstić information content (AvgIpc) is 2.87. The molecule has 0 N–H and O–H groups in total. The zero-order chi connectivity index (χ0) is 26.3. The van der Waals surface area contributed by atoms with Crippen LogP contribution in [0.5, 0.6) is 0 Å². The Labute approximate surface area is 201 Å². The molecule has 0 radical (unpaired) electrons. The summed E-state index contributed by atoms with van der Waals surface area (Å²) in [5.41, 5.74) is 1.86. The first kappa shape index (κ1) is 30.5. The molecule has 0 aliphatic heterocycles. The fourth-order valence-electron chi connectivity index (χ4n) is 3.08. The van der Waals surface area contributed by atoms with Crippen LogP contribution in [0.15, 0.2) is 53.7 Å². The number of nitro groups is 1. The molecule has 0 spiro atoms. The van der Waals surface area contributed by atoms with E-state index in [1.54, 1.807) is 62.4 Å². The molecule has 2 unspecified atom stereocenters. The predicted molar refractivity (Wildman–Crippen MR) is 135 cm³/mol. The van der Waals surface area contributed by atoms with Gasteiger partial charge < -0.3 is 9.69 Å². The van der Waals surface area contributed by atoms with E-state index in [2.05, 4.69) is 5.18 Å². The van der Waals surface area contributed by atoms with Gasteiger partial charge in [-0.05, 0) is 55.4 Å². The van der Waals surface area contributed by atoms with Crippen molar-refractivity contribution < 1.29 is 14.5 Å². The topological polar surface area (TPSA) is 113 Å². The van der Waals surface area contributed by atoms with Gasteiger partial charge in [-0.3, -0.25) is 19.8 Å². The summed E-state index contributed by atoms with van der Waals surface area (Å²) in [6, 6.07) is 11.4. The van der Waals surface area contributed by atoms with Crippen molar-refractivity contribution in [3.8, 4) is 0 Å². The van der Waals surface area contributed by atoms with E-state index in [4.69, 9.17) is 0 Å².